The molecule has 166 valence electrons. The summed E-state index contributed by atoms with van der Waals surface area (Å²) in [4.78, 5) is 26.0. The summed E-state index contributed by atoms with van der Waals surface area (Å²) >= 11 is 6.23. The fourth-order valence-corrected chi connectivity index (χ4v) is 4.16. The van der Waals surface area contributed by atoms with Crippen molar-refractivity contribution in [3.63, 3.8) is 0 Å². The molecule has 4 aromatic rings. The van der Waals surface area contributed by atoms with Gasteiger partial charge in [-0.2, -0.15) is 0 Å². The van der Waals surface area contributed by atoms with Crippen LogP contribution >= 0.6 is 11.6 Å². The van der Waals surface area contributed by atoms with Crippen molar-refractivity contribution in [2.24, 2.45) is 0 Å². The maximum absolute atomic E-state index is 13.3. The van der Waals surface area contributed by atoms with Gasteiger partial charge in [-0.25, -0.2) is 0 Å². The highest BCUT2D eigenvalue weighted by molar-refractivity contribution is 6.32. The second kappa shape index (κ2) is 8.30. The molecule has 1 atom stereocenters. The molecule has 1 aliphatic heterocycles. The SMILES string of the molecule is COc1cc(C2NC(=O)c3oc4cc(C)c(Cl)cc4c(=O)c32)ccc1OCc1ccccc1. The van der Waals surface area contributed by atoms with Crippen LogP contribution in [0.25, 0.3) is 11.0 Å². The Hall–Kier alpha value is -3.77. The Kier molecular flexibility index (Phi) is 5.30. The van der Waals surface area contributed by atoms with Gasteiger partial charge in [-0.1, -0.05) is 48.0 Å². The molecule has 6 nitrogen and oxygen atoms in total. The van der Waals surface area contributed by atoms with Crippen LogP contribution in [0.15, 0.2) is 69.9 Å². The molecule has 0 saturated carbocycles. The molecular formula is C26H20ClNO5. The molecule has 1 unspecified atom stereocenters. The van der Waals surface area contributed by atoms with Crippen molar-refractivity contribution in [3.8, 4) is 11.5 Å². The van der Waals surface area contributed by atoms with E-state index in [1.807, 2.05) is 37.3 Å². The Morgan fingerprint density at radius 1 is 1.03 bits per heavy atom. The number of hydrogen-bond acceptors (Lipinski definition) is 5. The fourth-order valence-electron chi connectivity index (χ4n) is 4.00. The van der Waals surface area contributed by atoms with E-state index in [0.29, 0.717) is 39.7 Å². The van der Waals surface area contributed by atoms with E-state index in [4.69, 9.17) is 25.5 Å². The summed E-state index contributed by atoms with van der Waals surface area (Å²) in [5.41, 5.74) is 2.76. The van der Waals surface area contributed by atoms with E-state index < -0.39 is 11.9 Å². The van der Waals surface area contributed by atoms with Crippen molar-refractivity contribution >= 4 is 28.5 Å². The molecule has 5 rings (SSSR count). The van der Waals surface area contributed by atoms with Gasteiger partial charge in [0.1, 0.15) is 12.2 Å². The molecule has 33 heavy (non-hydrogen) atoms. The minimum absolute atomic E-state index is 0.0163. The predicted octanol–water partition coefficient (Wildman–Crippen LogP) is 5.18. The molecule has 1 aromatic heterocycles. The van der Waals surface area contributed by atoms with Crippen molar-refractivity contribution in [3.05, 3.63) is 104 Å². The number of benzene rings is 3. The predicted molar refractivity (Wildman–Crippen MR) is 125 cm³/mol. The van der Waals surface area contributed by atoms with Crippen LogP contribution in [0.3, 0.4) is 0 Å². The Labute approximate surface area is 194 Å². The Balaban J connectivity index is 1.53. The van der Waals surface area contributed by atoms with Gasteiger partial charge in [0.05, 0.1) is 24.1 Å². The summed E-state index contributed by atoms with van der Waals surface area (Å²) in [6.45, 7) is 2.20. The number of amides is 1. The normalized spacial score (nSPS) is 14.8. The molecular weight excluding hydrogens is 442 g/mol. The summed E-state index contributed by atoms with van der Waals surface area (Å²) in [5, 5.41) is 3.64. The second-order valence-corrected chi connectivity index (χ2v) is 8.27. The molecule has 2 heterocycles. The molecule has 0 bridgehead atoms. The van der Waals surface area contributed by atoms with Crippen LogP contribution in [0.1, 0.15) is 38.9 Å². The monoisotopic (exact) mass is 461 g/mol. The topological polar surface area (TPSA) is 77.8 Å². The smallest absolute Gasteiger partial charge is 0.288 e. The van der Waals surface area contributed by atoms with Gasteiger partial charge in [-0.15, -0.1) is 0 Å². The van der Waals surface area contributed by atoms with E-state index in [9.17, 15) is 9.59 Å². The quantitative estimate of drug-likeness (QED) is 0.443. The van der Waals surface area contributed by atoms with Gasteiger partial charge >= 0.3 is 0 Å². The van der Waals surface area contributed by atoms with E-state index in [1.165, 1.54) is 0 Å². The first kappa shape index (κ1) is 21.1. The lowest BCUT2D eigenvalue weighted by Crippen LogP contribution is -2.22. The number of ether oxygens (including phenoxy) is 2. The number of aryl methyl sites for hydroxylation is 1. The van der Waals surface area contributed by atoms with E-state index >= 15 is 0 Å². The highest BCUT2D eigenvalue weighted by Gasteiger charge is 2.36. The zero-order valence-corrected chi connectivity index (χ0v) is 18.7. The summed E-state index contributed by atoms with van der Waals surface area (Å²) in [7, 11) is 1.54. The van der Waals surface area contributed by atoms with Crippen molar-refractivity contribution in [1.82, 2.24) is 5.32 Å². The lowest BCUT2D eigenvalue weighted by Gasteiger charge is -2.16. The van der Waals surface area contributed by atoms with Crippen molar-refractivity contribution < 1.29 is 18.7 Å². The average molecular weight is 462 g/mol. The lowest BCUT2D eigenvalue weighted by molar-refractivity contribution is 0.0938. The average Bonchev–Trinajstić information content (AvgIpc) is 3.16. The van der Waals surface area contributed by atoms with Crippen LogP contribution in [-0.2, 0) is 6.61 Å². The molecule has 0 radical (unpaired) electrons. The maximum atomic E-state index is 13.3. The third-order valence-electron chi connectivity index (χ3n) is 5.74. The summed E-state index contributed by atoms with van der Waals surface area (Å²) in [6.07, 6.45) is 0. The van der Waals surface area contributed by atoms with E-state index in [-0.39, 0.29) is 16.8 Å². The van der Waals surface area contributed by atoms with Gasteiger partial charge < -0.3 is 19.2 Å². The van der Waals surface area contributed by atoms with Gasteiger partial charge in [-0.3, -0.25) is 9.59 Å². The molecule has 0 fully saturated rings. The van der Waals surface area contributed by atoms with Gasteiger partial charge in [0.25, 0.3) is 5.91 Å². The van der Waals surface area contributed by atoms with E-state index in [0.717, 1.165) is 11.1 Å². The minimum Gasteiger partial charge on any atom is -0.493 e. The first-order valence-electron chi connectivity index (χ1n) is 10.4. The van der Waals surface area contributed by atoms with Crippen molar-refractivity contribution in [2.45, 2.75) is 19.6 Å². The maximum Gasteiger partial charge on any atom is 0.288 e. The number of carbonyl (C=O) groups is 1. The van der Waals surface area contributed by atoms with Crippen LogP contribution in [-0.4, -0.2) is 13.0 Å². The lowest BCUT2D eigenvalue weighted by atomic mass is 9.98. The molecule has 0 spiro atoms. The molecule has 1 aliphatic rings. The number of methoxy groups -OCH3 is 1. The highest BCUT2D eigenvalue weighted by atomic mass is 35.5. The molecule has 3 aromatic carbocycles. The largest absolute Gasteiger partial charge is 0.493 e. The zero-order chi connectivity index (χ0) is 23.1. The first-order valence-corrected chi connectivity index (χ1v) is 10.8. The number of carbonyl (C=O) groups excluding carboxylic acids is 1. The van der Waals surface area contributed by atoms with Crippen LogP contribution in [0.2, 0.25) is 5.02 Å². The molecule has 7 heteroatoms. The Morgan fingerprint density at radius 3 is 2.58 bits per heavy atom. The Morgan fingerprint density at radius 2 is 1.82 bits per heavy atom. The number of fused-ring (bicyclic) bond motifs is 2. The standard InChI is InChI=1S/C26H20ClNO5/c1-14-10-20-17(12-18(14)27)24(29)22-23(28-26(30)25(22)33-20)16-8-9-19(21(11-16)31-2)32-13-15-6-4-3-5-7-15/h3-12,23H,13H2,1-2H3,(H,28,30). The van der Waals surface area contributed by atoms with Gasteiger partial charge in [0.15, 0.2) is 16.9 Å². The first-order chi connectivity index (χ1) is 16.0. The van der Waals surface area contributed by atoms with Gasteiger partial charge in [0.2, 0.25) is 5.76 Å². The fraction of sp³-hybridized carbons (Fsp3) is 0.154. The van der Waals surface area contributed by atoms with Crippen LogP contribution < -0.4 is 20.2 Å². The van der Waals surface area contributed by atoms with Gasteiger partial charge in [0, 0.05) is 5.02 Å². The highest BCUT2D eigenvalue weighted by Crippen LogP contribution is 2.36. The zero-order valence-electron chi connectivity index (χ0n) is 18.0. The molecule has 0 aliphatic carbocycles. The number of nitrogens with one attached hydrogen (secondary N) is 1. The number of hydrogen-bond donors (Lipinski definition) is 1. The summed E-state index contributed by atoms with van der Waals surface area (Å²) in [6, 6.07) is 17.7. The number of rotatable bonds is 5. The molecule has 0 saturated heterocycles. The Bertz CT molecular complexity index is 1450. The second-order valence-electron chi connectivity index (χ2n) is 7.86. The van der Waals surface area contributed by atoms with Crippen molar-refractivity contribution in [1.29, 1.82) is 0 Å². The summed E-state index contributed by atoms with van der Waals surface area (Å²) < 4.78 is 17.3. The number of halogens is 1. The van der Waals surface area contributed by atoms with Gasteiger partial charge in [-0.05, 0) is 47.9 Å². The van der Waals surface area contributed by atoms with Crippen LogP contribution in [0.5, 0.6) is 11.5 Å². The van der Waals surface area contributed by atoms with Crippen LogP contribution in [0, 0.1) is 6.92 Å². The summed E-state index contributed by atoms with van der Waals surface area (Å²) in [5.74, 6) is 0.630. The minimum atomic E-state index is -0.676. The molecule has 1 amide bonds. The third-order valence-corrected chi connectivity index (χ3v) is 6.14. The van der Waals surface area contributed by atoms with Crippen LogP contribution in [0.4, 0.5) is 0 Å². The van der Waals surface area contributed by atoms with E-state index in [2.05, 4.69) is 5.32 Å². The molecule has 1 N–H and O–H groups in total. The third kappa shape index (κ3) is 3.72. The van der Waals surface area contributed by atoms with Crippen molar-refractivity contribution in [2.75, 3.05) is 7.11 Å². The van der Waals surface area contributed by atoms with E-state index in [1.54, 1.807) is 37.4 Å².